The summed E-state index contributed by atoms with van der Waals surface area (Å²) >= 11 is 8.58. The second-order valence-corrected chi connectivity index (χ2v) is 3.56. The van der Waals surface area contributed by atoms with Crippen LogP contribution < -0.4 is 0 Å². The Bertz CT molecular complexity index is 338. The molecule has 0 N–H and O–H groups in total. The van der Waals surface area contributed by atoms with Gasteiger partial charge in [0.05, 0.1) is 9.50 Å². The van der Waals surface area contributed by atoms with Crippen LogP contribution in [0, 0.1) is 5.82 Å². The second kappa shape index (κ2) is 3.54. The van der Waals surface area contributed by atoms with Crippen LogP contribution in [0.3, 0.4) is 0 Å². The third-order valence-electron chi connectivity index (χ3n) is 1.39. The molecule has 0 spiro atoms. The van der Waals surface area contributed by atoms with E-state index in [1.165, 1.54) is 13.0 Å². The number of Topliss-reactive ketones (excluding diaryl/α,β-unsaturated/α-hetero) is 1. The van der Waals surface area contributed by atoms with Crippen LogP contribution >= 0.6 is 27.5 Å². The first kappa shape index (κ1) is 9.68. The maximum Gasteiger partial charge on any atom is 0.161 e. The minimum absolute atomic E-state index is 0.142. The fourth-order valence-corrected chi connectivity index (χ4v) is 1.42. The molecule has 0 saturated carbocycles. The molecule has 0 aliphatic rings. The van der Waals surface area contributed by atoms with E-state index in [2.05, 4.69) is 15.9 Å². The Kier molecular flexibility index (Phi) is 2.85. The average molecular weight is 251 g/mol. The van der Waals surface area contributed by atoms with E-state index in [1.807, 2.05) is 0 Å². The zero-order valence-corrected chi connectivity index (χ0v) is 8.54. The van der Waals surface area contributed by atoms with Gasteiger partial charge in [0, 0.05) is 5.56 Å². The molecule has 0 atom stereocenters. The fraction of sp³-hybridized carbons (Fsp3) is 0.125. The average Bonchev–Trinajstić information content (AvgIpc) is 1.96. The number of halogens is 3. The van der Waals surface area contributed by atoms with Crippen molar-refractivity contribution in [1.29, 1.82) is 0 Å². The largest absolute Gasteiger partial charge is 0.294 e. The Morgan fingerprint density at radius 1 is 1.58 bits per heavy atom. The van der Waals surface area contributed by atoms with E-state index in [4.69, 9.17) is 11.6 Å². The van der Waals surface area contributed by atoms with Crippen molar-refractivity contribution in [1.82, 2.24) is 0 Å². The van der Waals surface area contributed by atoms with Crippen LogP contribution in [0.5, 0.6) is 0 Å². The van der Waals surface area contributed by atoms with Crippen LogP contribution in [0.15, 0.2) is 16.6 Å². The highest BCUT2D eigenvalue weighted by atomic mass is 79.9. The quantitative estimate of drug-likeness (QED) is 0.552. The van der Waals surface area contributed by atoms with Crippen LogP contribution in [0.2, 0.25) is 5.02 Å². The molecule has 12 heavy (non-hydrogen) atoms. The Morgan fingerprint density at radius 3 is 2.67 bits per heavy atom. The van der Waals surface area contributed by atoms with Crippen molar-refractivity contribution >= 4 is 33.3 Å². The van der Waals surface area contributed by atoms with E-state index < -0.39 is 5.82 Å². The van der Waals surface area contributed by atoms with Crippen molar-refractivity contribution in [3.63, 3.8) is 0 Å². The summed E-state index contributed by atoms with van der Waals surface area (Å²) < 4.78 is 13.0. The lowest BCUT2D eigenvalue weighted by atomic mass is 10.1. The van der Waals surface area contributed by atoms with Gasteiger partial charge in [-0.25, -0.2) is 4.39 Å². The third-order valence-corrected chi connectivity index (χ3v) is 2.31. The molecule has 0 aliphatic carbocycles. The molecule has 0 bridgehead atoms. The molecule has 4 heteroatoms. The minimum Gasteiger partial charge on any atom is -0.294 e. The number of carbonyl (C=O) groups excluding carboxylic acids is 1. The van der Waals surface area contributed by atoms with Gasteiger partial charge in [-0.2, -0.15) is 0 Å². The zero-order valence-electron chi connectivity index (χ0n) is 6.20. The van der Waals surface area contributed by atoms with Crippen LogP contribution in [0.4, 0.5) is 4.39 Å². The molecule has 1 rings (SSSR count). The van der Waals surface area contributed by atoms with Gasteiger partial charge in [-0.1, -0.05) is 11.6 Å². The summed E-state index contributed by atoms with van der Waals surface area (Å²) in [6.45, 7) is 1.38. The molecule has 1 nitrogen and oxygen atoms in total. The Labute approximate surface area is 82.7 Å². The molecule has 0 amide bonds. The van der Waals surface area contributed by atoms with Crippen molar-refractivity contribution in [3.8, 4) is 0 Å². The molecular weight excluding hydrogens is 246 g/mol. The summed E-state index contributed by atoms with van der Waals surface area (Å²) in [6.07, 6.45) is 0. The highest BCUT2D eigenvalue weighted by molar-refractivity contribution is 9.10. The van der Waals surface area contributed by atoms with E-state index >= 15 is 0 Å². The van der Waals surface area contributed by atoms with Crippen LogP contribution in [-0.4, -0.2) is 5.78 Å². The number of rotatable bonds is 1. The highest BCUT2D eigenvalue weighted by Crippen LogP contribution is 2.24. The van der Waals surface area contributed by atoms with Crippen molar-refractivity contribution in [2.75, 3.05) is 0 Å². The van der Waals surface area contributed by atoms with Crippen LogP contribution in [0.1, 0.15) is 17.3 Å². The van der Waals surface area contributed by atoms with Crippen LogP contribution in [-0.2, 0) is 0 Å². The second-order valence-electron chi connectivity index (χ2n) is 2.30. The number of ketones is 1. The van der Waals surface area contributed by atoms with Gasteiger partial charge in [0.25, 0.3) is 0 Å². The van der Waals surface area contributed by atoms with Crippen molar-refractivity contribution < 1.29 is 9.18 Å². The van der Waals surface area contributed by atoms with Crippen molar-refractivity contribution in [2.24, 2.45) is 0 Å². The number of benzene rings is 1. The molecule has 0 aromatic heterocycles. The first-order chi connectivity index (χ1) is 5.52. The zero-order chi connectivity index (χ0) is 9.30. The number of hydrogen-bond donors (Lipinski definition) is 0. The lowest BCUT2D eigenvalue weighted by Crippen LogP contribution is -1.94. The van der Waals surface area contributed by atoms with Crippen molar-refractivity contribution in [3.05, 3.63) is 33.0 Å². The summed E-state index contributed by atoms with van der Waals surface area (Å²) in [5.74, 6) is -0.647. The smallest absolute Gasteiger partial charge is 0.161 e. The van der Waals surface area contributed by atoms with E-state index in [0.717, 1.165) is 6.07 Å². The summed E-state index contributed by atoms with van der Waals surface area (Å²) in [6, 6.07) is 2.49. The van der Waals surface area contributed by atoms with E-state index in [1.54, 1.807) is 0 Å². The molecule has 0 saturated heterocycles. The Morgan fingerprint density at radius 2 is 2.17 bits per heavy atom. The Balaban J connectivity index is 3.33. The summed E-state index contributed by atoms with van der Waals surface area (Å²) in [5, 5.41) is 0.142. The monoisotopic (exact) mass is 250 g/mol. The normalized spacial score (nSPS) is 10.0. The molecule has 0 fully saturated rings. The van der Waals surface area contributed by atoms with Gasteiger partial charge in [0.2, 0.25) is 0 Å². The first-order valence-corrected chi connectivity index (χ1v) is 4.35. The first-order valence-electron chi connectivity index (χ1n) is 3.18. The SMILES string of the molecule is CC(=O)c1cc(Br)c(F)cc1Cl. The van der Waals surface area contributed by atoms with Gasteiger partial charge in [0.1, 0.15) is 5.82 Å². The standard InChI is InChI=1S/C8H5BrClFO/c1-4(12)5-2-6(9)8(11)3-7(5)10/h2-3H,1H3. The maximum atomic E-state index is 12.8. The van der Waals surface area contributed by atoms with Gasteiger partial charge in [-0.15, -0.1) is 0 Å². The summed E-state index contributed by atoms with van der Waals surface area (Å²) in [7, 11) is 0. The van der Waals surface area contributed by atoms with Gasteiger partial charge >= 0.3 is 0 Å². The molecular formula is C8H5BrClFO. The predicted octanol–water partition coefficient (Wildman–Crippen LogP) is 3.44. The lowest BCUT2D eigenvalue weighted by molar-refractivity contribution is 0.101. The molecule has 1 aromatic rings. The van der Waals surface area contributed by atoms with E-state index in [-0.39, 0.29) is 15.3 Å². The van der Waals surface area contributed by atoms with Crippen molar-refractivity contribution in [2.45, 2.75) is 6.92 Å². The predicted molar refractivity (Wildman–Crippen MR) is 49.1 cm³/mol. The van der Waals surface area contributed by atoms with Gasteiger partial charge in [-0.05, 0) is 35.0 Å². The maximum absolute atomic E-state index is 12.8. The summed E-state index contributed by atoms with van der Waals surface area (Å²) in [4.78, 5) is 10.9. The fourth-order valence-electron chi connectivity index (χ4n) is 0.792. The lowest BCUT2D eigenvalue weighted by Gasteiger charge is -2.01. The molecule has 0 heterocycles. The molecule has 1 aromatic carbocycles. The highest BCUT2D eigenvalue weighted by Gasteiger charge is 2.09. The third kappa shape index (κ3) is 1.84. The van der Waals surface area contributed by atoms with E-state index in [0.29, 0.717) is 5.56 Å². The van der Waals surface area contributed by atoms with E-state index in [9.17, 15) is 9.18 Å². The topological polar surface area (TPSA) is 17.1 Å². The molecule has 64 valence electrons. The summed E-state index contributed by atoms with van der Waals surface area (Å²) in [5.41, 5.74) is 0.324. The minimum atomic E-state index is -0.468. The Hall–Kier alpha value is -0.410. The molecule has 0 radical (unpaired) electrons. The van der Waals surface area contributed by atoms with Gasteiger partial charge in [0.15, 0.2) is 5.78 Å². The number of hydrogen-bond acceptors (Lipinski definition) is 1. The molecule has 0 unspecified atom stereocenters. The number of carbonyl (C=O) groups is 1. The van der Waals surface area contributed by atoms with Gasteiger partial charge in [-0.3, -0.25) is 4.79 Å². The van der Waals surface area contributed by atoms with Crippen LogP contribution in [0.25, 0.3) is 0 Å². The van der Waals surface area contributed by atoms with Gasteiger partial charge < -0.3 is 0 Å². The molecule has 0 aliphatic heterocycles.